The zero-order chi connectivity index (χ0) is 17.8. The van der Waals surface area contributed by atoms with Crippen LogP contribution in [0.2, 0.25) is 0 Å². The largest absolute Gasteiger partial charge is 0.379 e. The lowest BCUT2D eigenvalue weighted by molar-refractivity contribution is 0.0186. The molecule has 3 aliphatic rings. The first-order valence-electron chi connectivity index (χ1n) is 10.2. The van der Waals surface area contributed by atoms with Crippen molar-refractivity contribution < 1.29 is 4.74 Å². The Hall–Kier alpha value is -1.11. The van der Waals surface area contributed by atoms with Gasteiger partial charge in [0.2, 0.25) is 0 Å². The second kappa shape index (κ2) is 8.28. The van der Waals surface area contributed by atoms with Crippen molar-refractivity contribution in [3.8, 4) is 0 Å². The minimum absolute atomic E-state index is 0.368. The number of nitrogens with one attached hydrogen (secondary N) is 1. The van der Waals surface area contributed by atoms with Gasteiger partial charge in [0, 0.05) is 37.6 Å². The number of nitrogens with zero attached hydrogens (tertiary/aromatic N) is 3. The number of hydrogen-bond donors (Lipinski definition) is 1. The average Bonchev–Trinajstić information content (AvgIpc) is 3.32. The molecule has 3 fully saturated rings. The standard InChI is InChI=1S/C20H32N4OS/c1-2-21-19(24-9-8-20(16-24)6-4-7-20)22-15-17(18-5-3-14-26-18)23-10-12-25-13-11-23/h3,5,14,17H,2,4,6-13,15-16H2,1H3,(H,21,22). The minimum atomic E-state index is 0.368. The Balaban J connectivity index is 1.47. The topological polar surface area (TPSA) is 40.1 Å². The van der Waals surface area contributed by atoms with Crippen LogP contribution in [0.1, 0.15) is 43.5 Å². The van der Waals surface area contributed by atoms with Crippen molar-refractivity contribution in [3.63, 3.8) is 0 Å². The molecular formula is C20H32N4OS. The summed E-state index contributed by atoms with van der Waals surface area (Å²) in [4.78, 5) is 11.6. The summed E-state index contributed by atoms with van der Waals surface area (Å²) in [5.41, 5.74) is 0.605. The van der Waals surface area contributed by atoms with Gasteiger partial charge in [0.1, 0.15) is 0 Å². The van der Waals surface area contributed by atoms with E-state index in [-0.39, 0.29) is 0 Å². The first-order valence-corrected chi connectivity index (χ1v) is 11.1. The van der Waals surface area contributed by atoms with Crippen molar-refractivity contribution in [2.24, 2.45) is 10.4 Å². The van der Waals surface area contributed by atoms with Gasteiger partial charge in [-0.3, -0.25) is 9.89 Å². The Kier molecular flexibility index (Phi) is 5.81. The Bertz CT molecular complexity index is 593. The van der Waals surface area contributed by atoms with Gasteiger partial charge in [0.25, 0.3) is 0 Å². The predicted molar refractivity (Wildman–Crippen MR) is 108 cm³/mol. The average molecular weight is 377 g/mol. The Morgan fingerprint density at radius 2 is 2.15 bits per heavy atom. The van der Waals surface area contributed by atoms with Gasteiger partial charge in [-0.25, -0.2) is 0 Å². The number of rotatable bonds is 5. The van der Waals surface area contributed by atoms with E-state index in [1.54, 1.807) is 0 Å². The molecule has 0 bridgehead atoms. The van der Waals surface area contributed by atoms with Gasteiger partial charge in [-0.1, -0.05) is 12.5 Å². The summed E-state index contributed by atoms with van der Waals surface area (Å²) in [5, 5.41) is 5.73. The van der Waals surface area contributed by atoms with Crippen LogP contribution in [0.3, 0.4) is 0 Å². The van der Waals surface area contributed by atoms with Crippen LogP contribution in [-0.2, 0) is 4.74 Å². The number of aliphatic imine (C=N–C) groups is 1. The van der Waals surface area contributed by atoms with Crippen molar-refractivity contribution in [1.29, 1.82) is 0 Å². The Morgan fingerprint density at radius 3 is 2.77 bits per heavy atom. The summed E-state index contributed by atoms with van der Waals surface area (Å²) < 4.78 is 5.56. The highest BCUT2D eigenvalue weighted by molar-refractivity contribution is 7.10. The molecule has 1 atom stereocenters. The lowest BCUT2D eigenvalue weighted by Crippen LogP contribution is -2.44. The summed E-state index contributed by atoms with van der Waals surface area (Å²) >= 11 is 1.85. The fraction of sp³-hybridized carbons (Fsp3) is 0.750. The molecular weight excluding hydrogens is 344 g/mol. The van der Waals surface area contributed by atoms with Crippen molar-refractivity contribution >= 4 is 17.3 Å². The molecule has 0 amide bonds. The first-order chi connectivity index (χ1) is 12.8. The number of likely N-dealkylation sites (tertiary alicyclic amines) is 1. The molecule has 1 spiro atoms. The summed E-state index contributed by atoms with van der Waals surface area (Å²) in [6.07, 6.45) is 5.58. The number of thiophene rings is 1. The second-order valence-corrected chi connectivity index (χ2v) is 8.88. The van der Waals surface area contributed by atoms with E-state index < -0.39 is 0 Å². The third-order valence-corrected chi connectivity index (χ3v) is 7.23. The molecule has 26 heavy (non-hydrogen) atoms. The highest BCUT2D eigenvalue weighted by atomic mass is 32.1. The molecule has 5 nitrogen and oxygen atoms in total. The molecule has 6 heteroatoms. The molecule has 1 aliphatic carbocycles. The lowest BCUT2D eigenvalue weighted by atomic mass is 9.68. The molecule has 3 heterocycles. The van der Waals surface area contributed by atoms with E-state index in [9.17, 15) is 0 Å². The fourth-order valence-electron chi connectivity index (χ4n) is 4.55. The number of ether oxygens (including phenoxy) is 1. The molecule has 1 saturated carbocycles. The maximum atomic E-state index is 5.56. The highest BCUT2D eigenvalue weighted by Crippen LogP contribution is 2.47. The van der Waals surface area contributed by atoms with E-state index in [4.69, 9.17) is 9.73 Å². The van der Waals surface area contributed by atoms with Crippen LogP contribution in [0.15, 0.2) is 22.5 Å². The van der Waals surface area contributed by atoms with Gasteiger partial charge in [-0.05, 0) is 43.0 Å². The van der Waals surface area contributed by atoms with Crippen molar-refractivity contribution in [2.75, 3.05) is 52.5 Å². The number of guanidine groups is 1. The summed E-state index contributed by atoms with van der Waals surface area (Å²) in [6.45, 7) is 9.95. The van der Waals surface area contributed by atoms with Gasteiger partial charge in [0.05, 0.1) is 25.8 Å². The SMILES string of the molecule is CCNC(=NCC(c1cccs1)N1CCOCC1)N1CCC2(CCC2)C1. The summed E-state index contributed by atoms with van der Waals surface area (Å²) in [6, 6.07) is 4.78. The molecule has 1 unspecified atom stereocenters. The predicted octanol–water partition coefficient (Wildman–Crippen LogP) is 2.96. The third-order valence-electron chi connectivity index (χ3n) is 6.26. The smallest absolute Gasteiger partial charge is 0.194 e. The maximum absolute atomic E-state index is 5.56. The fourth-order valence-corrected chi connectivity index (χ4v) is 5.41. The zero-order valence-electron chi connectivity index (χ0n) is 16.0. The number of morpholine rings is 1. The maximum Gasteiger partial charge on any atom is 0.194 e. The van der Waals surface area contributed by atoms with Crippen LogP contribution in [-0.4, -0.2) is 68.2 Å². The molecule has 2 saturated heterocycles. The van der Waals surface area contributed by atoms with E-state index in [1.165, 1.54) is 37.1 Å². The molecule has 0 aromatic carbocycles. The van der Waals surface area contributed by atoms with Gasteiger partial charge < -0.3 is 15.0 Å². The van der Waals surface area contributed by atoms with Crippen LogP contribution in [0.5, 0.6) is 0 Å². The number of hydrogen-bond acceptors (Lipinski definition) is 4. The van der Waals surface area contributed by atoms with Crippen LogP contribution in [0.4, 0.5) is 0 Å². The van der Waals surface area contributed by atoms with Gasteiger partial charge in [0.15, 0.2) is 5.96 Å². The van der Waals surface area contributed by atoms with Crippen LogP contribution in [0.25, 0.3) is 0 Å². The quantitative estimate of drug-likeness (QED) is 0.634. The van der Waals surface area contributed by atoms with Gasteiger partial charge >= 0.3 is 0 Å². The second-order valence-electron chi connectivity index (χ2n) is 7.90. The highest BCUT2D eigenvalue weighted by Gasteiger charge is 2.43. The van der Waals surface area contributed by atoms with Crippen LogP contribution in [0, 0.1) is 5.41 Å². The molecule has 4 rings (SSSR count). The molecule has 1 aromatic rings. The van der Waals surface area contributed by atoms with E-state index in [1.807, 2.05) is 11.3 Å². The minimum Gasteiger partial charge on any atom is -0.379 e. The third kappa shape index (κ3) is 3.92. The van der Waals surface area contributed by atoms with E-state index in [0.717, 1.165) is 51.9 Å². The Labute approximate surface area is 161 Å². The van der Waals surface area contributed by atoms with E-state index in [2.05, 4.69) is 39.6 Å². The van der Waals surface area contributed by atoms with E-state index in [0.29, 0.717) is 11.5 Å². The van der Waals surface area contributed by atoms with Crippen LogP contribution >= 0.6 is 11.3 Å². The molecule has 2 aliphatic heterocycles. The molecule has 1 N–H and O–H groups in total. The lowest BCUT2D eigenvalue weighted by Gasteiger charge is -2.38. The molecule has 0 radical (unpaired) electrons. The summed E-state index contributed by atoms with van der Waals surface area (Å²) in [5.74, 6) is 1.12. The zero-order valence-corrected chi connectivity index (χ0v) is 16.8. The monoisotopic (exact) mass is 376 g/mol. The van der Waals surface area contributed by atoms with Gasteiger partial charge in [-0.15, -0.1) is 11.3 Å². The van der Waals surface area contributed by atoms with Crippen LogP contribution < -0.4 is 5.32 Å². The van der Waals surface area contributed by atoms with Crippen molar-refractivity contribution in [3.05, 3.63) is 22.4 Å². The van der Waals surface area contributed by atoms with Gasteiger partial charge in [-0.2, -0.15) is 0 Å². The normalized spacial score (nSPS) is 24.7. The van der Waals surface area contributed by atoms with Crippen molar-refractivity contribution in [2.45, 2.75) is 38.6 Å². The van der Waals surface area contributed by atoms with Crippen molar-refractivity contribution in [1.82, 2.24) is 15.1 Å². The van der Waals surface area contributed by atoms with E-state index >= 15 is 0 Å². The molecule has 1 aromatic heterocycles. The first kappa shape index (κ1) is 18.3. The Morgan fingerprint density at radius 1 is 1.31 bits per heavy atom. The molecule has 144 valence electrons. The summed E-state index contributed by atoms with van der Waals surface area (Å²) in [7, 11) is 0.